The number of morpholine rings is 1. The van der Waals surface area contributed by atoms with Gasteiger partial charge in [0.2, 0.25) is 0 Å². The molecule has 2 amide bonds. The van der Waals surface area contributed by atoms with E-state index >= 15 is 0 Å². The molecule has 3 aliphatic rings. The Hall–Kier alpha value is -2.12. The molecule has 26 heavy (non-hydrogen) atoms. The third kappa shape index (κ3) is 3.54. The van der Waals surface area contributed by atoms with Crippen molar-refractivity contribution in [2.24, 2.45) is 0 Å². The van der Waals surface area contributed by atoms with Crippen LogP contribution in [0.1, 0.15) is 16.8 Å². The number of ether oxygens (including phenoxy) is 2. The highest BCUT2D eigenvalue weighted by Crippen LogP contribution is 2.28. The largest absolute Gasteiger partial charge is 0.442 e. The van der Waals surface area contributed by atoms with Crippen molar-refractivity contribution in [2.75, 3.05) is 52.5 Å². The summed E-state index contributed by atoms with van der Waals surface area (Å²) in [6.07, 6.45) is 0.456. The van der Waals surface area contributed by atoms with Crippen LogP contribution in [0.4, 0.5) is 4.79 Å². The highest BCUT2D eigenvalue weighted by atomic mass is 16.6. The molecule has 7 nitrogen and oxygen atoms in total. The molecule has 2 atom stereocenters. The lowest BCUT2D eigenvalue weighted by molar-refractivity contribution is 0.0362. The second-order valence-electron chi connectivity index (χ2n) is 7.07. The smallest absolute Gasteiger partial charge is 0.410 e. The van der Waals surface area contributed by atoms with E-state index in [4.69, 9.17) is 9.47 Å². The Balaban J connectivity index is 1.32. The summed E-state index contributed by atoms with van der Waals surface area (Å²) in [6.45, 7) is 6.12. The van der Waals surface area contributed by atoms with Crippen molar-refractivity contribution in [1.82, 2.24) is 14.7 Å². The zero-order valence-electron chi connectivity index (χ0n) is 14.9. The average Bonchev–Trinajstić information content (AvgIpc) is 3.21. The number of carbonyl (C=O) groups excluding carboxylic acids is 2. The van der Waals surface area contributed by atoms with Crippen molar-refractivity contribution in [2.45, 2.75) is 18.6 Å². The minimum absolute atomic E-state index is 0.00400. The van der Waals surface area contributed by atoms with Gasteiger partial charge < -0.3 is 14.4 Å². The zero-order valence-corrected chi connectivity index (χ0v) is 14.9. The van der Waals surface area contributed by atoms with E-state index in [2.05, 4.69) is 4.90 Å². The summed E-state index contributed by atoms with van der Waals surface area (Å²) in [5.41, 5.74) is 0.678. The van der Waals surface area contributed by atoms with Crippen molar-refractivity contribution in [3.63, 3.8) is 0 Å². The maximum Gasteiger partial charge on any atom is 0.410 e. The van der Waals surface area contributed by atoms with Crippen molar-refractivity contribution in [1.29, 1.82) is 0 Å². The highest BCUT2D eigenvalue weighted by Gasteiger charge is 2.48. The van der Waals surface area contributed by atoms with Gasteiger partial charge in [0.05, 0.1) is 25.8 Å². The van der Waals surface area contributed by atoms with Crippen LogP contribution in [-0.2, 0) is 9.47 Å². The molecule has 0 spiro atoms. The summed E-state index contributed by atoms with van der Waals surface area (Å²) in [5, 5.41) is 0. The Morgan fingerprint density at radius 1 is 1.08 bits per heavy atom. The number of fused-ring (bicyclic) bond motifs is 1. The molecule has 4 rings (SSSR count). The Bertz CT molecular complexity index is 647. The van der Waals surface area contributed by atoms with Gasteiger partial charge in [-0.3, -0.25) is 14.6 Å². The predicted octanol–water partition coefficient (Wildman–Crippen LogP) is 1.05. The van der Waals surface area contributed by atoms with Crippen LogP contribution < -0.4 is 0 Å². The molecule has 3 heterocycles. The van der Waals surface area contributed by atoms with Crippen LogP contribution >= 0.6 is 0 Å². The van der Waals surface area contributed by atoms with E-state index in [1.807, 2.05) is 35.2 Å². The van der Waals surface area contributed by atoms with Crippen molar-refractivity contribution >= 4 is 12.0 Å². The minimum Gasteiger partial charge on any atom is -0.442 e. The summed E-state index contributed by atoms with van der Waals surface area (Å²) in [7, 11) is 0. The maximum absolute atomic E-state index is 12.6. The van der Waals surface area contributed by atoms with Gasteiger partial charge in [-0.2, -0.15) is 0 Å². The fraction of sp³-hybridized carbons (Fsp3) is 0.579. The molecule has 0 aromatic heterocycles. The van der Waals surface area contributed by atoms with Crippen LogP contribution in [0.2, 0.25) is 0 Å². The topological polar surface area (TPSA) is 62.3 Å². The first-order valence-electron chi connectivity index (χ1n) is 9.34. The molecule has 1 aromatic rings. The summed E-state index contributed by atoms with van der Waals surface area (Å²) >= 11 is 0. The molecular formula is C19H25N3O4. The zero-order chi connectivity index (χ0) is 17.9. The van der Waals surface area contributed by atoms with Crippen LogP contribution in [0.15, 0.2) is 30.3 Å². The van der Waals surface area contributed by atoms with E-state index in [9.17, 15) is 9.59 Å². The first kappa shape index (κ1) is 17.3. The normalized spacial score (nSPS) is 26.1. The van der Waals surface area contributed by atoms with Gasteiger partial charge in [0.25, 0.3) is 5.91 Å². The van der Waals surface area contributed by atoms with Gasteiger partial charge in [-0.05, 0) is 18.6 Å². The molecule has 0 bridgehead atoms. The lowest BCUT2D eigenvalue weighted by atomic mass is 10.2. The third-order valence-corrected chi connectivity index (χ3v) is 5.41. The van der Waals surface area contributed by atoms with Gasteiger partial charge in [-0.1, -0.05) is 18.2 Å². The molecule has 3 saturated heterocycles. The SMILES string of the molecule is O=C(c1ccccc1)N1C[C@H]2OC(=O)N(CCCN3CCOCC3)[C@H]2C1. The summed E-state index contributed by atoms with van der Waals surface area (Å²) < 4.78 is 10.9. The van der Waals surface area contributed by atoms with Gasteiger partial charge in [0.1, 0.15) is 6.10 Å². The van der Waals surface area contributed by atoms with Gasteiger partial charge >= 0.3 is 6.09 Å². The first-order chi connectivity index (χ1) is 12.7. The van der Waals surface area contributed by atoms with Gasteiger partial charge in [0, 0.05) is 38.3 Å². The van der Waals surface area contributed by atoms with E-state index in [1.54, 1.807) is 4.90 Å². The lowest BCUT2D eigenvalue weighted by Crippen LogP contribution is -2.42. The van der Waals surface area contributed by atoms with Crippen molar-refractivity contribution < 1.29 is 19.1 Å². The van der Waals surface area contributed by atoms with Crippen molar-refractivity contribution in [3.8, 4) is 0 Å². The maximum atomic E-state index is 12.6. The number of nitrogens with zero attached hydrogens (tertiary/aromatic N) is 3. The average molecular weight is 359 g/mol. The monoisotopic (exact) mass is 359 g/mol. The molecule has 1 aromatic carbocycles. The van der Waals surface area contributed by atoms with E-state index in [0.717, 1.165) is 39.3 Å². The molecule has 0 saturated carbocycles. The lowest BCUT2D eigenvalue weighted by Gasteiger charge is -2.28. The van der Waals surface area contributed by atoms with Crippen LogP contribution in [-0.4, -0.2) is 91.3 Å². The van der Waals surface area contributed by atoms with Crippen LogP contribution in [0.3, 0.4) is 0 Å². The third-order valence-electron chi connectivity index (χ3n) is 5.41. The summed E-state index contributed by atoms with van der Waals surface area (Å²) in [6, 6.07) is 9.24. The number of benzene rings is 1. The van der Waals surface area contributed by atoms with Gasteiger partial charge in [-0.25, -0.2) is 4.79 Å². The van der Waals surface area contributed by atoms with E-state index in [0.29, 0.717) is 25.2 Å². The standard InChI is InChI=1S/C19H25N3O4/c23-18(15-5-2-1-3-6-15)21-13-16-17(14-21)26-19(24)22(16)8-4-7-20-9-11-25-12-10-20/h1-3,5-6,16-17H,4,7-14H2/t16-,17+/m0/s1. The summed E-state index contributed by atoms with van der Waals surface area (Å²) in [5.74, 6) is 0.00400. The molecule has 3 fully saturated rings. The highest BCUT2D eigenvalue weighted by molar-refractivity contribution is 5.94. The second-order valence-corrected chi connectivity index (χ2v) is 7.07. The van der Waals surface area contributed by atoms with Crippen LogP contribution in [0.5, 0.6) is 0 Å². The van der Waals surface area contributed by atoms with E-state index in [-0.39, 0.29) is 24.1 Å². The molecular weight excluding hydrogens is 334 g/mol. The number of hydrogen-bond donors (Lipinski definition) is 0. The number of rotatable bonds is 5. The molecule has 0 unspecified atom stereocenters. The molecule has 0 N–H and O–H groups in total. The van der Waals surface area contributed by atoms with Gasteiger partial charge in [0.15, 0.2) is 0 Å². The number of likely N-dealkylation sites (tertiary alicyclic amines) is 1. The molecule has 7 heteroatoms. The fourth-order valence-electron chi connectivity index (χ4n) is 3.98. The van der Waals surface area contributed by atoms with Crippen molar-refractivity contribution in [3.05, 3.63) is 35.9 Å². The summed E-state index contributed by atoms with van der Waals surface area (Å²) in [4.78, 5) is 30.8. The minimum atomic E-state index is -0.242. The van der Waals surface area contributed by atoms with E-state index < -0.39 is 0 Å². The number of hydrogen-bond acceptors (Lipinski definition) is 5. The van der Waals surface area contributed by atoms with E-state index in [1.165, 1.54) is 0 Å². The Morgan fingerprint density at radius 3 is 2.62 bits per heavy atom. The number of carbonyl (C=O) groups is 2. The molecule has 140 valence electrons. The fourth-order valence-corrected chi connectivity index (χ4v) is 3.98. The Labute approximate surface area is 153 Å². The van der Waals surface area contributed by atoms with Crippen LogP contribution in [0.25, 0.3) is 0 Å². The molecule has 3 aliphatic heterocycles. The second kappa shape index (κ2) is 7.63. The quantitative estimate of drug-likeness (QED) is 0.787. The predicted molar refractivity (Wildman–Crippen MR) is 95.0 cm³/mol. The molecule has 0 aliphatic carbocycles. The van der Waals surface area contributed by atoms with Crippen LogP contribution in [0, 0.1) is 0 Å². The first-order valence-corrected chi connectivity index (χ1v) is 9.34. The Kier molecular flexibility index (Phi) is 5.08. The van der Waals surface area contributed by atoms with Gasteiger partial charge in [-0.15, -0.1) is 0 Å². The number of amides is 2. The molecule has 0 radical (unpaired) electrons. The Morgan fingerprint density at radius 2 is 1.85 bits per heavy atom.